The van der Waals surface area contributed by atoms with E-state index in [-0.39, 0.29) is 18.9 Å². The summed E-state index contributed by atoms with van der Waals surface area (Å²) in [6.07, 6.45) is 19.2. The summed E-state index contributed by atoms with van der Waals surface area (Å²) in [5.74, 6) is -0.241. The largest absolute Gasteiger partial charge is 0.394 e. The highest BCUT2D eigenvalue weighted by Gasteiger charge is 2.53. The molecule has 17 unspecified atom stereocenters. The summed E-state index contributed by atoms with van der Waals surface area (Å²) in [5.41, 5.74) is 0. The van der Waals surface area contributed by atoms with E-state index < -0.39 is 124 Å². The van der Waals surface area contributed by atoms with E-state index in [1.807, 2.05) is 0 Å². The summed E-state index contributed by atoms with van der Waals surface area (Å²) >= 11 is 0. The molecule has 0 saturated carbocycles. The zero-order valence-electron chi connectivity index (χ0n) is 50.3. The third-order valence-corrected chi connectivity index (χ3v) is 16.9. The molecule has 0 aromatic heterocycles. The molecule has 12 N–H and O–H groups in total. The van der Waals surface area contributed by atoms with E-state index in [1.54, 1.807) is 0 Å². The van der Waals surface area contributed by atoms with Crippen LogP contribution in [0, 0.1) is 0 Å². The van der Waals surface area contributed by atoms with Gasteiger partial charge in [0.05, 0.1) is 38.6 Å². The van der Waals surface area contributed by atoms with Crippen LogP contribution in [-0.2, 0) is 33.2 Å². The van der Waals surface area contributed by atoms with Crippen molar-refractivity contribution in [2.45, 2.75) is 362 Å². The van der Waals surface area contributed by atoms with Crippen LogP contribution in [0.2, 0.25) is 0 Å². The normalized spacial score (nSPS) is 29.7. The Labute approximate surface area is 487 Å². The fourth-order valence-corrected chi connectivity index (χ4v) is 11.6. The van der Waals surface area contributed by atoms with Gasteiger partial charge in [-0.3, -0.25) is 4.79 Å². The molecule has 0 radical (unpaired) electrons. The van der Waals surface area contributed by atoms with Gasteiger partial charge in [-0.25, -0.2) is 0 Å². The number of carbonyl (C=O) groups is 1. The Kier molecular flexibility index (Phi) is 42.1. The fraction of sp³-hybridized carbons (Fsp3) is 0.984. The quantitative estimate of drug-likeness (QED) is 0.0269. The topological polar surface area (TPSA) is 307 Å². The molecule has 0 aromatic carbocycles. The molecule has 81 heavy (non-hydrogen) atoms. The van der Waals surface area contributed by atoms with Gasteiger partial charge in [-0.2, -0.15) is 0 Å². The van der Waals surface area contributed by atoms with Crippen LogP contribution in [0.15, 0.2) is 0 Å². The molecule has 0 aromatic rings. The molecule has 3 saturated heterocycles. The van der Waals surface area contributed by atoms with Crippen molar-refractivity contribution in [1.82, 2.24) is 5.32 Å². The molecule has 1 amide bonds. The van der Waals surface area contributed by atoms with E-state index in [9.17, 15) is 61.0 Å². The zero-order chi connectivity index (χ0) is 59.0. The summed E-state index contributed by atoms with van der Waals surface area (Å²) in [6, 6.07) is -0.879. The summed E-state index contributed by atoms with van der Waals surface area (Å²) in [7, 11) is 0. The van der Waals surface area contributed by atoms with E-state index >= 15 is 0 Å². The third kappa shape index (κ3) is 29.4. The summed E-state index contributed by atoms with van der Waals surface area (Å²) < 4.78 is 34.3. The molecule has 3 aliphatic heterocycles. The molecule has 19 nitrogen and oxygen atoms in total. The van der Waals surface area contributed by atoms with Gasteiger partial charge in [0, 0.05) is 6.42 Å². The number of nitrogens with one attached hydrogen (secondary N) is 1. The maximum atomic E-state index is 13.3. The lowest BCUT2D eigenvalue weighted by Crippen LogP contribution is -2.66. The van der Waals surface area contributed by atoms with Crippen LogP contribution in [0.25, 0.3) is 0 Å². The van der Waals surface area contributed by atoms with Crippen LogP contribution >= 0.6 is 0 Å². The maximum absolute atomic E-state index is 13.3. The molecular weight excluding hydrogens is 1050 g/mol. The van der Waals surface area contributed by atoms with Crippen LogP contribution in [-0.4, -0.2) is 193 Å². The maximum Gasteiger partial charge on any atom is 0.220 e. The summed E-state index contributed by atoms with van der Waals surface area (Å²) in [4.78, 5) is 13.3. The number of carbonyl (C=O) groups excluding carboxylic acids is 1. The molecular formula is C62H119NO18. The van der Waals surface area contributed by atoms with Crippen LogP contribution < -0.4 is 5.32 Å². The Balaban J connectivity index is 1.40. The molecule has 3 fully saturated rings. The average Bonchev–Trinajstić information content (AvgIpc) is 3.51. The molecule has 0 aliphatic carbocycles. The number of rotatable bonds is 50. The number of hydrogen-bond acceptors (Lipinski definition) is 18. The van der Waals surface area contributed by atoms with Crippen LogP contribution in [0.1, 0.15) is 258 Å². The van der Waals surface area contributed by atoms with E-state index in [1.165, 1.54) is 180 Å². The lowest BCUT2D eigenvalue weighted by molar-refractivity contribution is -0.379. The average molecular weight is 1170 g/mol. The van der Waals surface area contributed by atoms with Gasteiger partial charge in [-0.15, -0.1) is 0 Å². The van der Waals surface area contributed by atoms with Crippen LogP contribution in [0.4, 0.5) is 0 Å². The minimum absolute atomic E-state index is 0.241. The van der Waals surface area contributed by atoms with Crippen molar-refractivity contribution in [2.24, 2.45) is 0 Å². The SMILES string of the molecule is CCCCCCCCCCCCCCCCCCCCCCCCCCCCC(O)C(COC1OC(CO)C(OC2OC(CO)C(OC3OC(CO)C(O)C(O)C3O)C(O)C2O)C(O)C1O)NC(=O)CCCCCCCCCCCC. The Morgan fingerprint density at radius 1 is 0.395 bits per heavy atom. The lowest BCUT2D eigenvalue weighted by Gasteiger charge is -2.48. The van der Waals surface area contributed by atoms with Gasteiger partial charge in [-0.05, 0) is 12.8 Å². The van der Waals surface area contributed by atoms with Crippen molar-refractivity contribution in [3.63, 3.8) is 0 Å². The molecule has 3 aliphatic rings. The molecule has 0 spiro atoms. The van der Waals surface area contributed by atoms with E-state index in [4.69, 9.17) is 28.4 Å². The lowest BCUT2D eigenvalue weighted by atomic mass is 9.96. The molecule has 3 heterocycles. The van der Waals surface area contributed by atoms with E-state index in [2.05, 4.69) is 19.2 Å². The van der Waals surface area contributed by atoms with Crippen molar-refractivity contribution in [2.75, 3.05) is 26.4 Å². The minimum atomic E-state index is -1.97. The first-order chi connectivity index (χ1) is 39.3. The molecule has 480 valence electrons. The van der Waals surface area contributed by atoms with Crippen LogP contribution in [0.3, 0.4) is 0 Å². The van der Waals surface area contributed by atoms with Gasteiger partial charge in [0.15, 0.2) is 18.9 Å². The third-order valence-electron chi connectivity index (χ3n) is 16.9. The molecule has 17 atom stereocenters. The predicted molar refractivity (Wildman–Crippen MR) is 310 cm³/mol. The highest BCUT2D eigenvalue weighted by molar-refractivity contribution is 5.76. The van der Waals surface area contributed by atoms with Gasteiger partial charge < -0.3 is 89.9 Å². The van der Waals surface area contributed by atoms with Crippen molar-refractivity contribution in [3.05, 3.63) is 0 Å². The van der Waals surface area contributed by atoms with Gasteiger partial charge in [0.1, 0.15) is 73.2 Å². The Hall–Kier alpha value is -1.21. The first-order valence-corrected chi connectivity index (χ1v) is 32.8. The van der Waals surface area contributed by atoms with Gasteiger partial charge in [-0.1, -0.05) is 239 Å². The number of aliphatic hydroxyl groups excluding tert-OH is 11. The van der Waals surface area contributed by atoms with E-state index in [0.29, 0.717) is 12.8 Å². The van der Waals surface area contributed by atoms with Crippen molar-refractivity contribution < 1.29 is 89.4 Å². The number of hydrogen-bond donors (Lipinski definition) is 12. The Morgan fingerprint density at radius 2 is 0.704 bits per heavy atom. The van der Waals surface area contributed by atoms with E-state index in [0.717, 1.165) is 44.9 Å². The molecule has 3 rings (SSSR count). The summed E-state index contributed by atoms with van der Waals surface area (Å²) in [5, 5.41) is 120. The zero-order valence-corrected chi connectivity index (χ0v) is 50.3. The Morgan fingerprint density at radius 3 is 1.07 bits per heavy atom. The highest BCUT2D eigenvalue weighted by Crippen LogP contribution is 2.33. The predicted octanol–water partition coefficient (Wildman–Crippen LogP) is 7.16. The Bertz CT molecular complexity index is 1490. The second kappa shape index (κ2) is 46.0. The van der Waals surface area contributed by atoms with Gasteiger partial charge in [0.2, 0.25) is 5.91 Å². The van der Waals surface area contributed by atoms with Gasteiger partial charge in [0.25, 0.3) is 0 Å². The first kappa shape index (κ1) is 74.0. The van der Waals surface area contributed by atoms with Crippen molar-refractivity contribution >= 4 is 5.91 Å². The standard InChI is InChI=1S/C62H119NO18/c1-3-5-7-9-11-13-15-16-17-18-19-20-21-22-23-24-25-26-27-28-29-30-31-33-35-37-39-46(67)45(63-50(68)40-38-36-34-32-14-12-10-8-6-4-2)44-76-60-56(74)53(71)58(48(42-65)78-60)81-62-57(75)54(72)59(49(43-66)79-62)80-61-55(73)52(70)51(69)47(41-64)77-61/h45-49,51-62,64-67,69-75H,3-44H2,1-2H3,(H,63,68). The van der Waals surface area contributed by atoms with Crippen molar-refractivity contribution in [3.8, 4) is 0 Å². The van der Waals surface area contributed by atoms with Crippen molar-refractivity contribution in [1.29, 1.82) is 0 Å². The van der Waals surface area contributed by atoms with Crippen LogP contribution in [0.5, 0.6) is 0 Å². The van der Waals surface area contributed by atoms with Gasteiger partial charge >= 0.3 is 0 Å². The molecule has 19 heteroatoms. The number of aliphatic hydroxyl groups is 11. The number of ether oxygens (including phenoxy) is 6. The second-order valence-corrected chi connectivity index (χ2v) is 23.9. The monoisotopic (exact) mass is 1170 g/mol. The first-order valence-electron chi connectivity index (χ1n) is 32.8. The number of unbranched alkanes of at least 4 members (excludes halogenated alkanes) is 34. The number of amides is 1. The summed E-state index contributed by atoms with van der Waals surface area (Å²) in [6.45, 7) is 1.80. The second-order valence-electron chi connectivity index (χ2n) is 23.9. The highest BCUT2D eigenvalue weighted by atomic mass is 16.8. The molecule has 0 bridgehead atoms. The fourth-order valence-electron chi connectivity index (χ4n) is 11.6. The minimum Gasteiger partial charge on any atom is -0.394 e. The smallest absolute Gasteiger partial charge is 0.220 e.